The van der Waals surface area contributed by atoms with Gasteiger partial charge in [0.1, 0.15) is 6.17 Å². The molecule has 0 spiro atoms. The fourth-order valence-corrected chi connectivity index (χ4v) is 2.64. The molecule has 2 heterocycles. The highest BCUT2D eigenvalue weighted by atomic mass is 32.2. The van der Waals surface area contributed by atoms with Gasteiger partial charge in [-0.1, -0.05) is 0 Å². The van der Waals surface area contributed by atoms with Crippen LogP contribution in [-0.4, -0.2) is 54.0 Å². The monoisotopic (exact) mass is 344 g/mol. The van der Waals surface area contributed by atoms with E-state index in [1.165, 1.54) is 0 Å². The molecule has 11 heteroatoms. The van der Waals surface area contributed by atoms with Crippen LogP contribution in [0, 0.1) is 0 Å². The van der Waals surface area contributed by atoms with Gasteiger partial charge in [0.2, 0.25) is 11.8 Å². The Morgan fingerprint density at radius 3 is 2.04 bits per heavy atom. The maximum Gasteiger partial charge on any atom is 0.322 e. The molecule has 1 unspecified atom stereocenters. The van der Waals surface area contributed by atoms with Crippen molar-refractivity contribution >= 4 is 40.6 Å². The van der Waals surface area contributed by atoms with Gasteiger partial charge in [-0.25, -0.2) is 0 Å². The normalized spacial score (nSPS) is 19.2. The number of likely N-dealkylation sites (tertiary alicyclic amines) is 1. The van der Waals surface area contributed by atoms with E-state index >= 15 is 0 Å². The Bertz CT molecular complexity index is 651. The van der Waals surface area contributed by atoms with Crippen LogP contribution in [0.1, 0.15) is 25.7 Å². The lowest BCUT2D eigenvalue weighted by Gasteiger charge is -2.32. The predicted octanol–water partition coefficient (Wildman–Crippen LogP) is -1.76. The van der Waals surface area contributed by atoms with Gasteiger partial charge in [-0.15, -0.1) is 0 Å². The molecule has 1 atom stereocenters. The third kappa shape index (κ3) is 3.62. The van der Waals surface area contributed by atoms with Crippen molar-refractivity contribution in [3.63, 3.8) is 0 Å². The zero-order valence-electron chi connectivity index (χ0n) is 11.7. The van der Waals surface area contributed by atoms with E-state index in [-0.39, 0.29) is 19.3 Å². The number of thiol groups is 1. The summed E-state index contributed by atoms with van der Waals surface area (Å²) >= 11 is 0. The minimum atomic E-state index is -3.38. The number of hydrogen-bond acceptors (Lipinski definition) is 8. The molecule has 2 rings (SSSR count). The van der Waals surface area contributed by atoms with Crippen molar-refractivity contribution < 1.29 is 36.6 Å². The van der Waals surface area contributed by atoms with Gasteiger partial charge in [-0.05, 0) is 6.42 Å². The molecule has 2 aliphatic heterocycles. The van der Waals surface area contributed by atoms with Crippen molar-refractivity contribution in [3.8, 4) is 0 Å². The Kier molecular flexibility index (Phi) is 4.89. The molecule has 0 bridgehead atoms. The summed E-state index contributed by atoms with van der Waals surface area (Å²) in [6.07, 6.45) is -0.253. The topological polar surface area (TPSA) is 135 Å². The SMILES string of the molecule is O=C(CCC(N1C(=O)C=CC1=O)N1C(=O)CCC1=O)O[SH](=O)=O. The first-order chi connectivity index (χ1) is 10.8. The smallest absolute Gasteiger partial charge is 0.322 e. The van der Waals surface area contributed by atoms with Crippen LogP contribution in [0.2, 0.25) is 0 Å². The molecule has 23 heavy (non-hydrogen) atoms. The maximum atomic E-state index is 11.8. The van der Waals surface area contributed by atoms with Gasteiger partial charge >= 0.3 is 17.0 Å². The zero-order chi connectivity index (χ0) is 17.1. The van der Waals surface area contributed by atoms with E-state index in [9.17, 15) is 32.4 Å². The average Bonchev–Trinajstić information content (AvgIpc) is 2.95. The third-order valence-corrected chi connectivity index (χ3v) is 3.67. The Balaban J connectivity index is 2.20. The third-order valence-electron chi connectivity index (χ3n) is 3.31. The fraction of sp³-hybridized carbons (Fsp3) is 0.417. The van der Waals surface area contributed by atoms with Crippen LogP contribution >= 0.6 is 0 Å². The molecule has 0 aromatic heterocycles. The van der Waals surface area contributed by atoms with Gasteiger partial charge in [0.25, 0.3) is 11.8 Å². The van der Waals surface area contributed by atoms with Crippen LogP contribution in [0.4, 0.5) is 0 Å². The largest absolute Gasteiger partial charge is 0.348 e. The molecular formula is C12H12N2O8S. The van der Waals surface area contributed by atoms with Crippen LogP contribution < -0.4 is 0 Å². The summed E-state index contributed by atoms with van der Waals surface area (Å²) in [6.45, 7) is 0. The molecule has 2 aliphatic rings. The van der Waals surface area contributed by atoms with Crippen molar-refractivity contribution in [3.05, 3.63) is 12.2 Å². The highest BCUT2D eigenvalue weighted by Crippen LogP contribution is 2.24. The second kappa shape index (κ2) is 6.69. The Labute approximate surface area is 131 Å². The molecular weight excluding hydrogens is 332 g/mol. The number of carbonyl (C=O) groups is 5. The number of nitrogens with zero attached hydrogens (tertiary/aromatic N) is 2. The zero-order valence-corrected chi connectivity index (χ0v) is 12.6. The first kappa shape index (κ1) is 16.8. The summed E-state index contributed by atoms with van der Waals surface area (Å²) in [4.78, 5) is 60.0. The van der Waals surface area contributed by atoms with E-state index in [1.807, 2.05) is 0 Å². The molecule has 0 saturated carbocycles. The number of carbonyl (C=O) groups excluding carboxylic acids is 5. The Morgan fingerprint density at radius 1 is 1.04 bits per heavy atom. The van der Waals surface area contributed by atoms with Crippen LogP contribution in [0.3, 0.4) is 0 Å². The second-order valence-electron chi connectivity index (χ2n) is 4.74. The van der Waals surface area contributed by atoms with Gasteiger partial charge in [-0.3, -0.25) is 33.8 Å². The summed E-state index contributed by atoms with van der Waals surface area (Å²) in [7, 11) is -3.38. The molecule has 1 saturated heterocycles. The number of amides is 4. The van der Waals surface area contributed by atoms with Gasteiger partial charge in [-0.2, -0.15) is 8.42 Å². The molecule has 0 radical (unpaired) electrons. The second-order valence-corrected chi connectivity index (χ2v) is 5.37. The van der Waals surface area contributed by atoms with Crippen LogP contribution in [0.15, 0.2) is 12.2 Å². The molecule has 0 aromatic carbocycles. The van der Waals surface area contributed by atoms with Crippen molar-refractivity contribution in [1.82, 2.24) is 9.80 Å². The quantitative estimate of drug-likeness (QED) is 0.442. The predicted molar refractivity (Wildman–Crippen MR) is 71.5 cm³/mol. The first-order valence-corrected chi connectivity index (χ1v) is 7.66. The van der Waals surface area contributed by atoms with Crippen molar-refractivity contribution in [2.24, 2.45) is 0 Å². The molecule has 0 aliphatic carbocycles. The molecule has 1 fully saturated rings. The molecule has 124 valence electrons. The van der Waals surface area contributed by atoms with Gasteiger partial charge in [0.15, 0.2) is 0 Å². The van der Waals surface area contributed by atoms with E-state index in [1.54, 1.807) is 0 Å². The molecule has 0 aromatic rings. The van der Waals surface area contributed by atoms with E-state index in [0.717, 1.165) is 17.1 Å². The standard InChI is InChI=1S/C12H12N2O8S/c15-8-2-3-9(16)13(8)7(1-6-12(19)22-23(20)21)14-10(17)4-5-11(14)18/h2-3,7,23H,1,4-6H2. The van der Waals surface area contributed by atoms with E-state index in [0.29, 0.717) is 4.90 Å². The van der Waals surface area contributed by atoms with Crippen molar-refractivity contribution in [2.75, 3.05) is 0 Å². The van der Waals surface area contributed by atoms with Gasteiger partial charge in [0.05, 0.1) is 6.42 Å². The van der Waals surface area contributed by atoms with E-state index in [4.69, 9.17) is 0 Å². The summed E-state index contributed by atoms with van der Waals surface area (Å²) in [5, 5.41) is 0. The maximum absolute atomic E-state index is 11.8. The molecule has 4 amide bonds. The lowest BCUT2D eigenvalue weighted by Crippen LogP contribution is -2.53. The highest BCUT2D eigenvalue weighted by molar-refractivity contribution is 7.67. The van der Waals surface area contributed by atoms with Crippen molar-refractivity contribution in [2.45, 2.75) is 31.8 Å². The number of hydrogen-bond donors (Lipinski definition) is 1. The van der Waals surface area contributed by atoms with Crippen LogP contribution in [-0.2, 0) is 39.1 Å². The minimum absolute atomic E-state index is 0.0597. The molecule has 10 nitrogen and oxygen atoms in total. The van der Waals surface area contributed by atoms with Crippen molar-refractivity contribution in [1.29, 1.82) is 0 Å². The number of rotatable bonds is 6. The summed E-state index contributed by atoms with van der Waals surface area (Å²) < 4.78 is 24.6. The Hall–Kier alpha value is -2.56. The Morgan fingerprint density at radius 2 is 1.57 bits per heavy atom. The summed E-state index contributed by atoms with van der Waals surface area (Å²) in [5.41, 5.74) is 0. The lowest BCUT2D eigenvalue weighted by atomic mass is 10.2. The summed E-state index contributed by atoms with van der Waals surface area (Å²) in [5.74, 6) is -3.71. The van der Waals surface area contributed by atoms with E-state index in [2.05, 4.69) is 4.18 Å². The summed E-state index contributed by atoms with van der Waals surface area (Å²) in [6, 6.07) is 0. The van der Waals surface area contributed by atoms with Crippen LogP contribution in [0.25, 0.3) is 0 Å². The van der Waals surface area contributed by atoms with E-state index < -0.39 is 53.2 Å². The highest BCUT2D eigenvalue weighted by Gasteiger charge is 2.42. The van der Waals surface area contributed by atoms with Crippen LogP contribution in [0.5, 0.6) is 0 Å². The fourth-order valence-electron chi connectivity index (χ4n) is 2.38. The average molecular weight is 344 g/mol. The number of imide groups is 2. The minimum Gasteiger partial charge on any atom is -0.348 e. The van der Waals surface area contributed by atoms with Gasteiger partial charge < -0.3 is 4.18 Å². The first-order valence-electron chi connectivity index (χ1n) is 6.56. The molecule has 0 N–H and O–H groups in total. The van der Waals surface area contributed by atoms with Gasteiger partial charge in [0, 0.05) is 25.0 Å². The lowest BCUT2D eigenvalue weighted by molar-refractivity contribution is -0.155.